The van der Waals surface area contributed by atoms with E-state index in [1.807, 2.05) is 45.0 Å². The van der Waals surface area contributed by atoms with Crippen LogP contribution in [0.2, 0.25) is 0 Å². The Kier molecular flexibility index (Phi) is 5.70. The minimum atomic E-state index is 0.935. The summed E-state index contributed by atoms with van der Waals surface area (Å²) < 4.78 is 0. The second-order valence-corrected chi connectivity index (χ2v) is 2.06. The first-order valence-corrected chi connectivity index (χ1v) is 4.14. The van der Waals surface area contributed by atoms with Crippen molar-refractivity contribution in [2.45, 2.75) is 20.8 Å². The Bertz CT molecular complexity index is 241. The van der Waals surface area contributed by atoms with Crippen molar-refractivity contribution in [3.8, 4) is 0 Å². The number of hydrogen-bond donors (Lipinski definition) is 1. The van der Waals surface area contributed by atoms with Crippen molar-refractivity contribution in [3.63, 3.8) is 0 Å². The van der Waals surface area contributed by atoms with Gasteiger partial charge in [-0.1, -0.05) is 32.0 Å². The molecule has 0 unspecified atom stereocenters. The minimum absolute atomic E-state index is 0.935. The van der Waals surface area contributed by atoms with Gasteiger partial charge in [-0.25, -0.2) is 4.99 Å². The zero-order chi connectivity index (χ0) is 9.40. The number of rotatable bonds is 1. The van der Waals surface area contributed by atoms with Crippen molar-refractivity contribution in [2.24, 2.45) is 10.7 Å². The van der Waals surface area contributed by atoms with Crippen LogP contribution in [0.1, 0.15) is 19.4 Å². The highest BCUT2D eigenvalue weighted by molar-refractivity contribution is 5.60. The molecule has 12 heavy (non-hydrogen) atoms. The molecule has 0 fully saturated rings. The summed E-state index contributed by atoms with van der Waals surface area (Å²) >= 11 is 0. The van der Waals surface area contributed by atoms with Crippen LogP contribution < -0.4 is 5.73 Å². The average molecular weight is 164 g/mol. The molecule has 1 aromatic rings. The third-order valence-corrected chi connectivity index (χ3v) is 1.33. The van der Waals surface area contributed by atoms with Gasteiger partial charge in [0.2, 0.25) is 0 Å². The Morgan fingerprint density at radius 2 is 1.83 bits per heavy atom. The Labute approximate surface area is 74.1 Å². The fourth-order valence-corrected chi connectivity index (χ4v) is 0.789. The van der Waals surface area contributed by atoms with E-state index in [0.29, 0.717) is 0 Å². The van der Waals surface area contributed by atoms with Crippen LogP contribution >= 0.6 is 0 Å². The highest BCUT2D eigenvalue weighted by Crippen LogP contribution is 2.15. The molecule has 0 saturated heterocycles. The van der Waals surface area contributed by atoms with Crippen LogP contribution in [0, 0.1) is 6.92 Å². The van der Waals surface area contributed by atoms with Crippen molar-refractivity contribution in [1.82, 2.24) is 0 Å². The molecule has 0 atom stereocenters. The Morgan fingerprint density at radius 1 is 1.25 bits per heavy atom. The van der Waals surface area contributed by atoms with Crippen LogP contribution in [0.25, 0.3) is 0 Å². The SMILES string of the molecule is CC.Cc1ccccc1N=CN. The van der Waals surface area contributed by atoms with E-state index in [1.165, 1.54) is 6.34 Å². The molecule has 1 rings (SSSR count). The number of hydrogen-bond acceptors (Lipinski definition) is 1. The summed E-state index contributed by atoms with van der Waals surface area (Å²) in [5.74, 6) is 0. The smallest absolute Gasteiger partial charge is 0.0860 e. The van der Waals surface area contributed by atoms with E-state index >= 15 is 0 Å². The average Bonchev–Trinajstić information content (AvgIpc) is 2.13. The molecule has 1 aromatic carbocycles. The zero-order valence-electron chi connectivity index (χ0n) is 7.91. The van der Waals surface area contributed by atoms with Gasteiger partial charge in [0.05, 0.1) is 12.0 Å². The fraction of sp³-hybridized carbons (Fsp3) is 0.300. The van der Waals surface area contributed by atoms with Crippen molar-refractivity contribution in [2.75, 3.05) is 0 Å². The van der Waals surface area contributed by atoms with Gasteiger partial charge < -0.3 is 5.73 Å². The predicted octanol–water partition coefficient (Wildman–Crippen LogP) is 2.64. The Morgan fingerprint density at radius 3 is 2.33 bits per heavy atom. The summed E-state index contributed by atoms with van der Waals surface area (Å²) in [6.07, 6.45) is 1.31. The van der Waals surface area contributed by atoms with E-state index in [0.717, 1.165) is 11.3 Å². The molecule has 2 nitrogen and oxygen atoms in total. The third kappa shape index (κ3) is 3.19. The van der Waals surface area contributed by atoms with Gasteiger partial charge in [0.15, 0.2) is 0 Å². The molecular weight excluding hydrogens is 148 g/mol. The highest BCUT2D eigenvalue weighted by Gasteiger charge is 1.89. The van der Waals surface area contributed by atoms with E-state index in [9.17, 15) is 0 Å². The number of benzene rings is 1. The normalized spacial score (nSPS) is 9.25. The molecule has 0 radical (unpaired) electrons. The number of para-hydroxylation sites is 1. The van der Waals surface area contributed by atoms with E-state index in [2.05, 4.69) is 4.99 Å². The Balaban J connectivity index is 0.000000561. The molecule has 0 spiro atoms. The maximum Gasteiger partial charge on any atom is 0.0860 e. The van der Waals surface area contributed by atoms with Gasteiger partial charge in [-0.3, -0.25) is 0 Å². The van der Waals surface area contributed by atoms with Gasteiger partial charge >= 0.3 is 0 Å². The molecule has 0 heterocycles. The second kappa shape index (κ2) is 6.40. The molecule has 0 amide bonds. The first-order chi connectivity index (χ1) is 5.84. The van der Waals surface area contributed by atoms with Crippen LogP contribution in [0.3, 0.4) is 0 Å². The third-order valence-electron chi connectivity index (χ3n) is 1.33. The number of nitrogens with two attached hydrogens (primary N) is 1. The van der Waals surface area contributed by atoms with Crippen LogP contribution in [-0.4, -0.2) is 6.34 Å². The highest BCUT2D eigenvalue weighted by atomic mass is 14.8. The van der Waals surface area contributed by atoms with Gasteiger partial charge in [0.25, 0.3) is 0 Å². The van der Waals surface area contributed by atoms with Gasteiger partial charge in [-0.05, 0) is 18.6 Å². The van der Waals surface area contributed by atoms with E-state index in [1.54, 1.807) is 0 Å². The van der Waals surface area contributed by atoms with Crippen molar-refractivity contribution in [1.29, 1.82) is 0 Å². The Hall–Kier alpha value is -1.31. The lowest BCUT2D eigenvalue weighted by Crippen LogP contribution is -1.86. The van der Waals surface area contributed by atoms with Crippen molar-refractivity contribution >= 4 is 12.0 Å². The van der Waals surface area contributed by atoms with Gasteiger partial charge in [0, 0.05) is 0 Å². The van der Waals surface area contributed by atoms with E-state index in [4.69, 9.17) is 5.73 Å². The topological polar surface area (TPSA) is 38.4 Å². The molecule has 0 saturated carbocycles. The summed E-state index contributed by atoms with van der Waals surface area (Å²) in [6.45, 7) is 6.00. The molecule has 0 aromatic heterocycles. The van der Waals surface area contributed by atoms with E-state index in [-0.39, 0.29) is 0 Å². The number of aryl methyl sites for hydroxylation is 1. The molecular formula is C10H16N2. The molecule has 0 aliphatic heterocycles. The first-order valence-electron chi connectivity index (χ1n) is 4.14. The molecule has 2 N–H and O–H groups in total. The first kappa shape index (κ1) is 10.7. The lowest BCUT2D eigenvalue weighted by molar-refractivity contribution is 1.40. The van der Waals surface area contributed by atoms with Crippen LogP contribution in [-0.2, 0) is 0 Å². The summed E-state index contributed by atoms with van der Waals surface area (Å²) in [4.78, 5) is 3.96. The summed E-state index contributed by atoms with van der Waals surface area (Å²) in [7, 11) is 0. The lowest BCUT2D eigenvalue weighted by Gasteiger charge is -1.95. The number of nitrogens with zero attached hydrogens (tertiary/aromatic N) is 1. The predicted molar refractivity (Wildman–Crippen MR) is 54.9 cm³/mol. The summed E-state index contributed by atoms with van der Waals surface area (Å²) in [6, 6.07) is 7.85. The van der Waals surface area contributed by atoms with Gasteiger partial charge in [-0.2, -0.15) is 0 Å². The second-order valence-electron chi connectivity index (χ2n) is 2.06. The maximum absolute atomic E-state index is 5.14. The van der Waals surface area contributed by atoms with Crippen molar-refractivity contribution < 1.29 is 0 Å². The van der Waals surface area contributed by atoms with Crippen LogP contribution in [0.4, 0.5) is 5.69 Å². The molecule has 2 heteroatoms. The van der Waals surface area contributed by atoms with Crippen LogP contribution in [0.5, 0.6) is 0 Å². The lowest BCUT2D eigenvalue weighted by atomic mass is 10.2. The quantitative estimate of drug-likeness (QED) is 0.503. The molecule has 0 aliphatic carbocycles. The molecule has 0 bridgehead atoms. The summed E-state index contributed by atoms with van der Waals surface area (Å²) in [5.41, 5.74) is 7.22. The van der Waals surface area contributed by atoms with Crippen LogP contribution in [0.15, 0.2) is 29.3 Å². The number of aliphatic imine (C=N–C) groups is 1. The summed E-state index contributed by atoms with van der Waals surface area (Å²) in [5, 5.41) is 0. The maximum atomic E-state index is 5.14. The molecule has 66 valence electrons. The van der Waals surface area contributed by atoms with E-state index < -0.39 is 0 Å². The van der Waals surface area contributed by atoms with Crippen molar-refractivity contribution in [3.05, 3.63) is 29.8 Å². The van der Waals surface area contributed by atoms with Gasteiger partial charge in [-0.15, -0.1) is 0 Å². The van der Waals surface area contributed by atoms with Gasteiger partial charge in [0.1, 0.15) is 0 Å². The minimum Gasteiger partial charge on any atom is -0.390 e. The fourth-order valence-electron chi connectivity index (χ4n) is 0.789. The zero-order valence-corrected chi connectivity index (χ0v) is 7.91. The standard InChI is InChI=1S/C8H10N2.C2H6/c1-7-4-2-3-5-8(7)10-6-9;1-2/h2-6H,1H3,(H2,9,10);1-2H3. The molecule has 0 aliphatic rings. The largest absolute Gasteiger partial charge is 0.390 e. The monoisotopic (exact) mass is 164 g/mol.